The minimum absolute atomic E-state index is 0.0754. The molecule has 1 amide bonds. The Kier molecular flexibility index (Phi) is 8.92. The van der Waals surface area contributed by atoms with E-state index in [9.17, 15) is 13.2 Å². The molecule has 39 heavy (non-hydrogen) atoms. The first-order chi connectivity index (χ1) is 18.6. The van der Waals surface area contributed by atoms with Crippen molar-refractivity contribution in [3.05, 3.63) is 70.6 Å². The highest BCUT2D eigenvalue weighted by molar-refractivity contribution is 7.89. The van der Waals surface area contributed by atoms with E-state index >= 15 is 0 Å². The summed E-state index contributed by atoms with van der Waals surface area (Å²) in [6.07, 6.45) is 4.35. The molecule has 0 bridgehead atoms. The molecule has 2 aromatic carbocycles. The fourth-order valence-corrected chi connectivity index (χ4v) is 6.66. The third-order valence-electron chi connectivity index (χ3n) is 7.36. The van der Waals surface area contributed by atoms with E-state index in [4.69, 9.17) is 4.52 Å². The lowest BCUT2D eigenvalue weighted by Crippen LogP contribution is -2.41. The van der Waals surface area contributed by atoms with E-state index in [2.05, 4.69) is 35.3 Å². The van der Waals surface area contributed by atoms with Gasteiger partial charge in [-0.05, 0) is 82.9 Å². The van der Waals surface area contributed by atoms with Crippen LogP contribution in [0.4, 0.5) is 11.4 Å². The van der Waals surface area contributed by atoms with Crippen LogP contribution >= 0.6 is 0 Å². The first-order valence-electron chi connectivity index (χ1n) is 13.5. The van der Waals surface area contributed by atoms with Crippen LogP contribution < -0.4 is 10.2 Å². The van der Waals surface area contributed by atoms with Gasteiger partial charge in [-0.25, -0.2) is 8.42 Å². The van der Waals surface area contributed by atoms with Crippen LogP contribution in [0.15, 0.2) is 51.9 Å². The lowest BCUT2D eigenvalue weighted by molar-refractivity contribution is -0.120. The molecule has 9 heteroatoms. The molecule has 3 aromatic rings. The summed E-state index contributed by atoms with van der Waals surface area (Å²) in [6, 6.07) is 14.0. The summed E-state index contributed by atoms with van der Waals surface area (Å²) in [6.45, 7) is 12.2. The van der Waals surface area contributed by atoms with Crippen LogP contribution in [0.2, 0.25) is 0 Å². The fourth-order valence-electron chi connectivity index (χ4n) is 4.94. The first kappa shape index (κ1) is 28.6. The highest BCUT2D eigenvalue weighted by atomic mass is 32.2. The van der Waals surface area contributed by atoms with Crippen molar-refractivity contribution in [2.24, 2.45) is 5.92 Å². The van der Waals surface area contributed by atoms with Crippen LogP contribution in [-0.4, -0.2) is 50.0 Å². The van der Waals surface area contributed by atoms with E-state index in [1.54, 1.807) is 13.0 Å². The Morgan fingerprint density at radius 2 is 1.72 bits per heavy atom. The monoisotopic (exact) mass is 550 g/mol. The number of sulfonamides is 1. The summed E-state index contributed by atoms with van der Waals surface area (Å²) >= 11 is 0. The van der Waals surface area contributed by atoms with Gasteiger partial charge in [0.2, 0.25) is 15.9 Å². The molecule has 1 saturated heterocycles. The van der Waals surface area contributed by atoms with Crippen molar-refractivity contribution in [3.63, 3.8) is 0 Å². The summed E-state index contributed by atoms with van der Waals surface area (Å²) < 4.78 is 34.0. The molecule has 0 saturated carbocycles. The van der Waals surface area contributed by atoms with Gasteiger partial charge in [-0.15, -0.1) is 0 Å². The summed E-state index contributed by atoms with van der Waals surface area (Å²) in [7, 11) is -3.83. The number of piperidine rings is 1. The predicted molar refractivity (Wildman–Crippen MR) is 156 cm³/mol. The second kappa shape index (κ2) is 12.2. The van der Waals surface area contributed by atoms with Gasteiger partial charge < -0.3 is 14.7 Å². The molecular weight excluding hydrogens is 512 g/mol. The van der Waals surface area contributed by atoms with Gasteiger partial charge in [-0.1, -0.05) is 41.1 Å². The third-order valence-corrected chi connectivity index (χ3v) is 9.41. The second-order valence-electron chi connectivity index (χ2n) is 10.0. The maximum atomic E-state index is 13.6. The van der Waals surface area contributed by atoms with Gasteiger partial charge in [0.15, 0.2) is 10.7 Å². The van der Waals surface area contributed by atoms with Gasteiger partial charge in [0, 0.05) is 43.5 Å². The van der Waals surface area contributed by atoms with E-state index in [-0.39, 0.29) is 35.6 Å². The molecular formula is C30H38N4O4S. The number of carbonyl (C=O) groups excluding carboxylic acids is 1. The number of aryl methyl sites for hydroxylation is 3. The zero-order valence-corrected chi connectivity index (χ0v) is 24.2. The number of aromatic nitrogens is 1. The van der Waals surface area contributed by atoms with E-state index < -0.39 is 10.0 Å². The molecule has 8 nitrogen and oxygen atoms in total. The second-order valence-corrected chi connectivity index (χ2v) is 11.9. The summed E-state index contributed by atoms with van der Waals surface area (Å²) in [5, 5.41) is 6.99. The average molecular weight is 551 g/mol. The smallest absolute Gasteiger partial charge is 0.248 e. The van der Waals surface area contributed by atoms with Crippen LogP contribution in [0.1, 0.15) is 54.8 Å². The summed E-state index contributed by atoms with van der Waals surface area (Å²) in [5.41, 5.74) is 5.32. The first-order valence-corrected chi connectivity index (χ1v) is 15.0. The predicted octanol–water partition coefficient (Wildman–Crippen LogP) is 5.66. The number of rotatable bonds is 9. The summed E-state index contributed by atoms with van der Waals surface area (Å²) in [5.74, 6) is -0.132. The number of hydrogen-bond acceptors (Lipinski definition) is 6. The lowest BCUT2D eigenvalue weighted by Gasteiger charge is -2.30. The summed E-state index contributed by atoms with van der Waals surface area (Å²) in [4.78, 5) is 15.4. The molecule has 1 N–H and O–H groups in total. The van der Waals surface area contributed by atoms with E-state index in [0.717, 1.165) is 41.2 Å². The Balaban J connectivity index is 1.41. The molecule has 208 valence electrons. The standard InChI is InChI=1S/C30H38N4O4S/c1-6-33(7-2)26-13-14-27(22(4)20-26)31-30(35)25-16-18-34(19-17-25)39(36,37)29-23(5)32-38-28(29)15-12-24-10-8-21(3)9-11-24/h8-15,20,25H,6-7,16-19H2,1-5H3,(H,31,35). The molecule has 0 spiro atoms. The van der Waals surface area contributed by atoms with Crippen molar-refractivity contribution in [1.29, 1.82) is 0 Å². The Morgan fingerprint density at radius 1 is 1.05 bits per heavy atom. The zero-order valence-electron chi connectivity index (χ0n) is 23.4. The van der Waals surface area contributed by atoms with Crippen LogP contribution in [0.25, 0.3) is 12.2 Å². The Hall–Kier alpha value is -3.43. The molecule has 0 atom stereocenters. The van der Waals surface area contributed by atoms with Gasteiger partial charge in [0.1, 0.15) is 5.69 Å². The molecule has 2 heterocycles. The van der Waals surface area contributed by atoms with E-state index in [0.29, 0.717) is 18.5 Å². The van der Waals surface area contributed by atoms with Crippen molar-refractivity contribution < 1.29 is 17.7 Å². The normalized spacial score (nSPS) is 15.1. The molecule has 1 aliphatic rings. The minimum Gasteiger partial charge on any atom is -0.372 e. The van der Waals surface area contributed by atoms with Crippen molar-refractivity contribution >= 4 is 39.5 Å². The van der Waals surface area contributed by atoms with Gasteiger partial charge in [-0.2, -0.15) is 4.31 Å². The number of anilines is 2. The van der Waals surface area contributed by atoms with E-state index in [1.165, 1.54) is 4.31 Å². The zero-order chi connectivity index (χ0) is 28.2. The van der Waals surface area contributed by atoms with Gasteiger partial charge in [0.05, 0.1) is 0 Å². The number of carbonyl (C=O) groups is 1. The number of amides is 1. The molecule has 0 unspecified atom stereocenters. The molecule has 0 radical (unpaired) electrons. The Bertz CT molecular complexity index is 1430. The van der Waals surface area contributed by atoms with Crippen LogP contribution in [0, 0.1) is 26.7 Å². The maximum Gasteiger partial charge on any atom is 0.248 e. The highest BCUT2D eigenvalue weighted by Gasteiger charge is 2.36. The van der Waals surface area contributed by atoms with E-state index in [1.807, 2.05) is 56.3 Å². The molecule has 0 aliphatic carbocycles. The lowest BCUT2D eigenvalue weighted by atomic mass is 9.97. The van der Waals surface area contributed by atoms with Crippen molar-refractivity contribution in [2.75, 3.05) is 36.4 Å². The number of nitrogens with one attached hydrogen (secondary N) is 1. The van der Waals surface area contributed by atoms with Crippen molar-refractivity contribution in [1.82, 2.24) is 9.46 Å². The van der Waals surface area contributed by atoms with Gasteiger partial charge in [-0.3, -0.25) is 4.79 Å². The van der Waals surface area contributed by atoms with Crippen LogP contribution in [0.5, 0.6) is 0 Å². The number of hydrogen-bond donors (Lipinski definition) is 1. The molecule has 1 aliphatic heterocycles. The maximum absolute atomic E-state index is 13.6. The Labute approximate surface area is 231 Å². The highest BCUT2D eigenvalue weighted by Crippen LogP contribution is 2.30. The van der Waals surface area contributed by atoms with Crippen molar-refractivity contribution in [3.8, 4) is 0 Å². The fraction of sp³-hybridized carbons (Fsp3) is 0.400. The topological polar surface area (TPSA) is 95.8 Å². The van der Waals surface area contributed by atoms with Gasteiger partial charge in [0.25, 0.3) is 0 Å². The molecule has 1 fully saturated rings. The average Bonchev–Trinajstić information content (AvgIpc) is 3.31. The van der Waals surface area contributed by atoms with Gasteiger partial charge >= 0.3 is 0 Å². The van der Waals surface area contributed by atoms with Crippen LogP contribution in [0.3, 0.4) is 0 Å². The van der Waals surface area contributed by atoms with Crippen molar-refractivity contribution in [2.45, 2.75) is 52.4 Å². The number of nitrogens with zero attached hydrogens (tertiary/aromatic N) is 3. The van der Waals surface area contributed by atoms with Crippen LogP contribution in [-0.2, 0) is 14.8 Å². The Morgan fingerprint density at radius 3 is 2.33 bits per heavy atom. The SMILES string of the molecule is CCN(CC)c1ccc(NC(=O)C2CCN(S(=O)(=O)c3c(C)noc3C=Cc3ccc(C)cc3)CC2)c(C)c1. The number of benzene rings is 2. The molecule has 4 rings (SSSR count). The molecule has 1 aromatic heterocycles. The third kappa shape index (κ3) is 6.42. The minimum atomic E-state index is -3.83. The quantitative estimate of drug-likeness (QED) is 0.370. The largest absolute Gasteiger partial charge is 0.372 e.